The Kier molecular flexibility index (Phi) is 6.68. The van der Waals surface area contributed by atoms with E-state index >= 15 is 0 Å². The van der Waals surface area contributed by atoms with Crippen LogP contribution in [0.2, 0.25) is 0 Å². The fraction of sp³-hybridized carbons (Fsp3) is 0.733. The molecule has 1 rings (SSSR count). The van der Waals surface area contributed by atoms with Crippen LogP contribution in [0.4, 0.5) is 0 Å². The summed E-state index contributed by atoms with van der Waals surface area (Å²) in [4.78, 5) is 48.1. The molecule has 8 heteroatoms. The van der Waals surface area contributed by atoms with Gasteiger partial charge in [-0.25, -0.2) is 0 Å². The van der Waals surface area contributed by atoms with Crippen molar-refractivity contribution in [3.05, 3.63) is 0 Å². The molecule has 0 aromatic carbocycles. The van der Waals surface area contributed by atoms with E-state index in [-0.39, 0.29) is 37.5 Å². The molecule has 2 unspecified atom stereocenters. The van der Waals surface area contributed by atoms with Crippen molar-refractivity contribution in [1.82, 2.24) is 10.2 Å². The highest BCUT2D eigenvalue weighted by atomic mass is 16.4. The zero-order valence-electron chi connectivity index (χ0n) is 13.5. The van der Waals surface area contributed by atoms with Crippen LogP contribution in [0.1, 0.15) is 39.0 Å². The summed E-state index contributed by atoms with van der Waals surface area (Å²) in [6.45, 7) is 2.24. The number of likely N-dealkylation sites (tertiary alicyclic amines) is 1. The van der Waals surface area contributed by atoms with Crippen LogP contribution in [0, 0.1) is 5.92 Å². The number of aliphatic carboxylic acids is 2. The van der Waals surface area contributed by atoms with Crippen molar-refractivity contribution in [1.29, 1.82) is 0 Å². The van der Waals surface area contributed by atoms with E-state index in [0.717, 1.165) is 0 Å². The molecule has 2 atom stereocenters. The van der Waals surface area contributed by atoms with Gasteiger partial charge in [0.05, 0.1) is 18.0 Å². The van der Waals surface area contributed by atoms with E-state index in [1.165, 1.54) is 4.90 Å². The molecule has 1 fully saturated rings. The highest BCUT2D eigenvalue weighted by Gasteiger charge is 2.45. The molecule has 1 amide bonds. The van der Waals surface area contributed by atoms with Crippen molar-refractivity contribution in [3.8, 4) is 0 Å². The molecule has 1 heterocycles. The van der Waals surface area contributed by atoms with Crippen LogP contribution in [-0.2, 0) is 19.2 Å². The Morgan fingerprint density at radius 2 is 1.91 bits per heavy atom. The zero-order valence-corrected chi connectivity index (χ0v) is 13.5. The van der Waals surface area contributed by atoms with E-state index in [2.05, 4.69) is 5.32 Å². The number of nitrogens with zero attached hydrogens (tertiary/aromatic N) is 1. The monoisotopic (exact) mass is 328 g/mol. The van der Waals surface area contributed by atoms with Crippen LogP contribution in [0.15, 0.2) is 0 Å². The number of carboxylic acids is 2. The molecule has 0 saturated carbocycles. The quantitative estimate of drug-likeness (QED) is 0.549. The summed E-state index contributed by atoms with van der Waals surface area (Å²) in [7, 11) is 1.64. The van der Waals surface area contributed by atoms with Gasteiger partial charge in [-0.15, -0.1) is 0 Å². The average molecular weight is 328 g/mol. The van der Waals surface area contributed by atoms with Gasteiger partial charge >= 0.3 is 11.9 Å². The van der Waals surface area contributed by atoms with E-state index in [4.69, 9.17) is 5.11 Å². The fourth-order valence-corrected chi connectivity index (χ4v) is 2.95. The SMILES string of the molecule is CNCC(=O)N1CCCC1(C)C(=O)CC(CCC(=O)O)C(=O)O. The second-order valence-corrected chi connectivity index (χ2v) is 6.05. The topological polar surface area (TPSA) is 124 Å². The standard InChI is InChI=1S/C15H24N2O6/c1-15(6-3-7-17(15)12(19)9-16-2)11(18)8-10(14(22)23)4-5-13(20)21/h10,16H,3-9H2,1-2H3,(H,20,21)(H,22,23). The predicted octanol–water partition coefficient (Wildman–Crippen LogP) is 0.112. The Morgan fingerprint density at radius 3 is 2.43 bits per heavy atom. The summed E-state index contributed by atoms with van der Waals surface area (Å²) in [5, 5.41) is 20.6. The molecule has 1 aliphatic heterocycles. The van der Waals surface area contributed by atoms with Crippen molar-refractivity contribution in [2.75, 3.05) is 20.1 Å². The number of carbonyl (C=O) groups is 4. The van der Waals surface area contributed by atoms with Crippen LogP contribution < -0.4 is 5.32 Å². The maximum atomic E-state index is 12.6. The third-order valence-corrected chi connectivity index (χ3v) is 4.36. The van der Waals surface area contributed by atoms with Crippen molar-refractivity contribution in [2.45, 2.75) is 44.6 Å². The highest BCUT2D eigenvalue weighted by molar-refractivity contribution is 5.95. The molecule has 0 spiro atoms. The fourth-order valence-electron chi connectivity index (χ4n) is 2.95. The van der Waals surface area contributed by atoms with E-state index in [9.17, 15) is 24.3 Å². The van der Waals surface area contributed by atoms with E-state index in [0.29, 0.717) is 19.4 Å². The first-order valence-corrected chi connectivity index (χ1v) is 7.65. The largest absolute Gasteiger partial charge is 0.481 e. The van der Waals surface area contributed by atoms with Crippen LogP contribution in [-0.4, -0.2) is 64.4 Å². The number of carboxylic acid groups (broad SMARTS) is 2. The van der Waals surface area contributed by atoms with Gasteiger partial charge in [0.25, 0.3) is 0 Å². The lowest BCUT2D eigenvalue weighted by Gasteiger charge is -2.34. The van der Waals surface area contributed by atoms with Crippen LogP contribution >= 0.6 is 0 Å². The second-order valence-electron chi connectivity index (χ2n) is 6.05. The maximum absolute atomic E-state index is 12.6. The van der Waals surface area contributed by atoms with E-state index < -0.39 is 23.4 Å². The Labute approximate surface area is 134 Å². The van der Waals surface area contributed by atoms with Crippen LogP contribution in [0.5, 0.6) is 0 Å². The molecule has 0 aromatic heterocycles. The Bertz CT molecular complexity index is 492. The van der Waals surface area contributed by atoms with Gasteiger partial charge in [0, 0.05) is 19.4 Å². The Morgan fingerprint density at radius 1 is 1.26 bits per heavy atom. The molecule has 0 radical (unpaired) electrons. The lowest BCUT2D eigenvalue weighted by molar-refractivity contribution is -0.148. The van der Waals surface area contributed by atoms with Gasteiger partial charge in [-0.05, 0) is 33.2 Å². The number of ketones is 1. The zero-order chi connectivity index (χ0) is 17.6. The third kappa shape index (κ3) is 4.75. The Hall–Kier alpha value is -1.96. The van der Waals surface area contributed by atoms with Gasteiger partial charge in [-0.3, -0.25) is 19.2 Å². The number of nitrogens with one attached hydrogen (secondary N) is 1. The summed E-state index contributed by atoms with van der Waals surface area (Å²) < 4.78 is 0. The minimum absolute atomic E-state index is 0.100. The number of likely N-dealkylation sites (N-methyl/N-ethyl adjacent to an activating group) is 1. The molecular formula is C15H24N2O6. The van der Waals surface area contributed by atoms with Gasteiger partial charge in [-0.1, -0.05) is 0 Å². The number of hydrogen-bond acceptors (Lipinski definition) is 5. The first kappa shape index (κ1) is 19.1. The van der Waals surface area contributed by atoms with Gasteiger partial charge in [0.2, 0.25) is 5.91 Å². The molecule has 130 valence electrons. The summed E-state index contributed by atoms with van der Waals surface area (Å²) in [5.74, 6) is -3.84. The van der Waals surface area contributed by atoms with Gasteiger partial charge in [-0.2, -0.15) is 0 Å². The van der Waals surface area contributed by atoms with Gasteiger partial charge < -0.3 is 20.4 Å². The lowest BCUT2D eigenvalue weighted by atomic mass is 9.85. The van der Waals surface area contributed by atoms with E-state index in [1.54, 1.807) is 14.0 Å². The number of carbonyl (C=O) groups excluding carboxylic acids is 2. The first-order chi connectivity index (χ1) is 10.7. The van der Waals surface area contributed by atoms with Crippen molar-refractivity contribution in [2.24, 2.45) is 5.92 Å². The molecule has 8 nitrogen and oxygen atoms in total. The number of hydrogen-bond donors (Lipinski definition) is 3. The Balaban J connectivity index is 2.81. The first-order valence-electron chi connectivity index (χ1n) is 7.65. The van der Waals surface area contributed by atoms with Crippen LogP contribution in [0.3, 0.4) is 0 Å². The average Bonchev–Trinajstić information content (AvgIpc) is 2.86. The third-order valence-electron chi connectivity index (χ3n) is 4.36. The smallest absolute Gasteiger partial charge is 0.306 e. The molecular weight excluding hydrogens is 304 g/mol. The van der Waals surface area contributed by atoms with Gasteiger partial charge in [0.15, 0.2) is 5.78 Å². The molecule has 0 bridgehead atoms. The molecule has 0 aromatic rings. The second kappa shape index (κ2) is 8.05. The van der Waals surface area contributed by atoms with Crippen molar-refractivity contribution < 1.29 is 29.4 Å². The minimum Gasteiger partial charge on any atom is -0.481 e. The summed E-state index contributed by atoms with van der Waals surface area (Å²) in [6, 6.07) is 0. The summed E-state index contributed by atoms with van der Waals surface area (Å²) >= 11 is 0. The maximum Gasteiger partial charge on any atom is 0.306 e. The van der Waals surface area contributed by atoms with Crippen molar-refractivity contribution in [3.63, 3.8) is 0 Å². The normalized spacial score (nSPS) is 21.9. The summed E-state index contributed by atoms with van der Waals surface area (Å²) in [5.41, 5.74) is -1.01. The molecule has 3 N–H and O–H groups in total. The molecule has 23 heavy (non-hydrogen) atoms. The predicted molar refractivity (Wildman–Crippen MR) is 80.9 cm³/mol. The molecule has 1 saturated heterocycles. The highest BCUT2D eigenvalue weighted by Crippen LogP contribution is 2.32. The number of amides is 1. The van der Waals surface area contributed by atoms with Gasteiger partial charge in [0.1, 0.15) is 0 Å². The van der Waals surface area contributed by atoms with Crippen molar-refractivity contribution >= 4 is 23.6 Å². The minimum atomic E-state index is -1.19. The summed E-state index contributed by atoms with van der Waals surface area (Å²) in [6.07, 6.45) is 0.514. The number of rotatable bonds is 9. The molecule has 1 aliphatic rings. The lowest BCUT2D eigenvalue weighted by Crippen LogP contribution is -2.53. The van der Waals surface area contributed by atoms with E-state index in [1.807, 2.05) is 0 Å². The number of Topliss-reactive ketones (excluding diaryl/α,β-unsaturated/α-hetero) is 1. The van der Waals surface area contributed by atoms with Crippen LogP contribution in [0.25, 0.3) is 0 Å². The molecule has 0 aliphatic carbocycles.